The van der Waals surface area contributed by atoms with Crippen molar-refractivity contribution in [1.82, 2.24) is 9.55 Å². The summed E-state index contributed by atoms with van der Waals surface area (Å²) in [6, 6.07) is 30.5. The number of nitrogens with zero attached hydrogens (tertiary/aromatic N) is 1. The van der Waals surface area contributed by atoms with Gasteiger partial charge in [-0.25, -0.2) is 9.59 Å². The molecule has 1 aliphatic heterocycles. The van der Waals surface area contributed by atoms with Crippen LogP contribution in [0.1, 0.15) is 43.8 Å². The average Bonchev–Trinajstić information content (AvgIpc) is 3.36. The zero-order chi connectivity index (χ0) is 29.0. The Labute approximate surface area is 239 Å². The van der Waals surface area contributed by atoms with Crippen molar-refractivity contribution >= 4 is 24.7 Å². The van der Waals surface area contributed by atoms with Crippen molar-refractivity contribution < 1.29 is 18.7 Å². The number of aromatic nitrogens is 2. The lowest BCUT2D eigenvalue weighted by atomic mass is 10.2. The van der Waals surface area contributed by atoms with Gasteiger partial charge in [0.1, 0.15) is 6.10 Å². The van der Waals surface area contributed by atoms with Gasteiger partial charge in [0.25, 0.3) is 13.9 Å². The van der Waals surface area contributed by atoms with Gasteiger partial charge < -0.3 is 13.9 Å². The van der Waals surface area contributed by atoms with Gasteiger partial charge in [-0.2, -0.15) is 0 Å². The maximum absolute atomic E-state index is 13.0. The molecular weight excluding hydrogens is 536 g/mol. The molecule has 41 heavy (non-hydrogen) atoms. The molecule has 9 heteroatoms. The fraction of sp³-hybridized carbons (Fsp3) is 0.281. The number of H-pyrrole nitrogens is 1. The molecule has 1 N–H and O–H groups in total. The lowest BCUT2D eigenvalue weighted by Crippen LogP contribution is -2.67. The third-order valence-electron chi connectivity index (χ3n) is 7.44. The summed E-state index contributed by atoms with van der Waals surface area (Å²) in [6.07, 6.45) is -0.513. The van der Waals surface area contributed by atoms with Crippen LogP contribution in [0.3, 0.4) is 0 Å². The quantitative estimate of drug-likeness (QED) is 0.257. The van der Waals surface area contributed by atoms with Crippen LogP contribution in [-0.4, -0.2) is 42.7 Å². The van der Waals surface area contributed by atoms with Crippen molar-refractivity contribution in [2.45, 2.75) is 50.7 Å². The Morgan fingerprint density at radius 3 is 2.00 bits per heavy atom. The third-order valence-corrected chi connectivity index (χ3v) is 12.4. The number of benzene rings is 3. The van der Waals surface area contributed by atoms with E-state index >= 15 is 0 Å². The number of carbonyl (C=O) groups is 1. The number of rotatable bonds is 8. The van der Waals surface area contributed by atoms with Crippen molar-refractivity contribution in [2.75, 3.05) is 6.61 Å². The standard InChI is InChI=1S/C32H34N2O6Si/c1-32(2,3)41(25-15-9-5-10-16-25,26-17-11-6-12-18-26)38-22-24-21-27(40-30(36)23-13-7-4-8-14-23)29(39-24)34-20-19-28(35)33-31(34)37/h4-20,24,27,29H,21-22H2,1-3H3,(H,33,35,37)/t24-,27?,29+/m0/s1. The van der Waals surface area contributed by atoms with Gasteiger partial charge in [0.15, 0.2) is 6.23 Å². The molecule has 5 rings (SSSR count). The van der Waals surface area contributed by atoms with Crippen LogP contribution in [0, 0.1) is 0 Å². The minimum absolute atomic E-state index is 0.223. The summed E-state index contributed by atoms with van der Waals surface area (Å²) >= 11 is 0. The monoisotopic (exact) mass is 570 g/mol. The molecule has 8 nitrogen and oxygen atoms in total. The van der Waals surface area contributed by atoms with E-state index in [0.717, 1.165) is 10.4 Å². The number of carbonyl (C=O) groups excluding carboxylic acids is 1. The van der Waals surface area contributed by atoms with E-state index in [9.17, 15) is 14.4 Å². The molecule has 0 radical (unpaired) electrons. The van der Waals surface area contributed by atoms with Crippen LogP contribution < -0.4 is 21.6 Å². The van der Waals surface area contributed by atoms with Crippen LogP contribution in [0.2, 0.25) is 5.04 Å². The van der Waals surface area contributed by atoms with Crippen molar-refractivity contribution in [3.8, 4) is 0 Å². The van der Waals surface area contributed by atoms with Crippen molar-refractivity contribution in [1.29, 1.82) is 0 Å². The van der Waals surface area contributed by atoms with E-state index < -0.39 is 44.0 Å². The SMILES string of the molecule is CC(C)(C)[Si](OC[C@@H]1CC(OC(=O)c2ccccc2)[C@H](n2ccc(=O)[nH]c2=O)O1)(c1ccccc1)c1ccccc1. The minimum atomic E-state index is -2.85. The molecule has 0 aliphatic carbocycles. The highest BCUT2D eigenvalue weighted by atomic mass is 28.4. The Balaban J connectivity index is 1.47. The molecule has 3 aromatic carbocycles. The smallest absolute Gasteiger partial charge is 0.338 e. The third kappa shape index (κ3) is 5.88. The lowest BCUT2D eigenvalue weighted by Gasteiger charge is -2.43. The molecule has 0 bridgehead atoms. The first-order chi connectivity index (χ1) is 19.7. The van der Waals surface area contributed by atoms with Crippen molar-refractivity contribution in [3.63, 3.8) is 0 Å². The first kappa shape index (κ1) is 28.5. The van der Waals surface area contributed by atoms with Crippen LogP contribution in [0.4, 0.5) is 0 Å². The number of hydrogen-bond donors (Lipinski definition) is 1. The summed E-state index contributed by atoms with van der Waals surface area (Å²) in [5, 5.41) is 2.04. The Morgan fingerprint density at radius 1 is 0.902 bits per heavy atom. The van der Waals surface area contributed by atoms with Gasteiger partial charge in [-0.05, 0) is 27.5 Å². The predicted molar refractivity (Wildman–Crippen MR) is 159 cm³/mol. The number of nitrogens with one attached hydrogen (secondary N) is 1. The van der Waals surface area contributed by atoms with Gasteiger partial charge >= 0.3 is 11.7 Å². The van der Waals surface area contributed by atoms with Crippen LogP contribution in [0.25, 0.3) is 0 Å². The largest absolute Gasteiger partial charge is 0.454 e. The predicted octanol–water partition coefficient (Wildman–Crippen LogP) is 3.63. The van der Waals surface area contributed by atoms with E-state index in [-0.39, 0.29) is 11.6 Å². The van der Waals surface area contributed by atoms with E-state index in [2.05, 4.69) is 50.0 Å². The zero-order valence-electron chi connectivity index (χ0n) is 23.4. The Hall–Kier alpha value is -4.05. The van der Waals surface area contributed by atoms with Gasteiger partial charge in [-0.15, -0.1) is 0 Å². The lowest BCUT2D eigenvalue weighted by molar-refractivity contribution is -0.0587. The highest BCUT2D eigenvalue weighted by Crippen LogP contribution is 2.38. The van der Waals surface area contributed by atoms with Gasteiger partial charge in [0.2, 0.25) is 0 Å². The fourth-order valence-electron chi connectivity index (χ4n) is 5.56. The van der Waals surface area contributed by atoms with Gasteiger partial charge in [0.05, 0.1) is 18.3 Å². The molecular formula is C32H34N2O6Si. The molecule has 0 spiro atoms. The average molecular weight is 571 g/mol. The van der Waals surface area contributed by atoms with Crippen LogP contribution in [0.15, 0.2) is 113 Å². The van der Waals surface area contributed by atoms with Gasteiger partial charge in [-0.1, -0.05) is 99.6 Å². The summed E-state index contributed by atoms with van der Waals surface area (Å²) in [5.41, 5.74) is -0.766. The first-order valence-electron chi connectivity index (χ1n) is 13.7. The Morgan fingerprint density at radius 2 is 1.46 bits per heavy atom. The second-order valence-electron chi connectivity index (χ2n) is 11.2. The summed E-state index contributed by atoms with van der Waals surface area (Å²) in [5.74, 6) is -0.518. The number of aromatic amines is 1. The zero-order valence-corrected chi connectivity index (χ0v) is 24.4. The Bertz CT molecular complexity index is 1540. The summed E-state index contributed by atoms with van der Waals surface area (Å²) in [7, 11) is -2.85. The number of esters is 1. The highest BCUT2D eigenvalue weighted by Gasteiger charge is 2.51. The van der Waals surface area contributed by atoms with E-state index in [1.54, 1.807) is 24.3 Å². The van der Waals surface area contributed by atoms with Crippen LogP contribution >= 0.6 is 0 Å². The van der Waals surface area contributed by atoms with Crippen LogP contribution in [0.5, 0.6) is 0 Å². The molecule has 1 fully saturated rings. The maximum Gasteiger partial charge on any atom is 0.338 e. The van der Waals surface area contributed by atoms with E-state index in [1.165, 1.54) is 16.8 Å². The van der Waals surface area contributed by atoms with Crippen molar-refractivity contribution in [2.24, 2.45) is 0 Å². The number of hydrogen-bond acceptors (Lipinski definition) is 6. The highest BCUT2D eigenvalue weighted by molar-refractivity contribution is 6.99. The topological polar surface area (TPSA) is 99.6 Å². The molecule has 0 amide bonds. The first-order valence-corrected chi connectivity index (χ1v) is 15.6. The molecule has 1 aliphatic rings. The molecule has 212 valence electrons. The summed E-state index contributed by atoms with van der Waals surface area (Å²) in [6.45, 7) is 6.81. The number of ether oxygens (including phenoxy) is 2. The van der Waals surface area contributed by atoms with Gasteiger partial charge in [0, 0.05) is 18.7 Å². The molecule has 0 saturated carbocycles. The molecule has 4 aromatic rings. The van der Waals surface area contributed by atoms with E-state index in [0.29, 0.717) is 12.0 Å². The molecule has 1 aromatic heterocycles. The second kappa shape index (κ2) is 11.8. The second-order valence-corrected chi connectivity index (χ2v) is 15.5. The molecule has 2 heterocycles. The van der Waals surface area contributed by atoms with Crippen molar-refractivity contribution in [3.05, 3.63) is 130 Å². The fourth-order valence-corrected chi connectivity index (χ4v) is 10.2. The molecule has 3 atom stereocenters. The summed E-state index contributed by atoms with van der Waals surface area (Å²) < 4.78 is 20.6. The maximum atomic E-state index is 13.0. The normalized spacial score (nSPS) is 19.1. The minimum Gasteiger partial charge on any atom is -0.454 e. The summed E-state index contributed by atoms with van der Waals surface area (Å²) in [4.78, 5) is 39.7. The molecule has 1 unspecified atom stereocenters. The van der Waals surface area contributed by atoms with E-state index in [1.807, 2.05) is 42.5 Å². The van der Waals surface area contributed by atoms with Gasteiger partial charge in [-0.3, -0.25) is 14.3 Å². The van der Waals surface area contributed by atoms with E-state index in [4.69, 9.17) is 13.9 Å². The van der Waals surface area contributed by atoms with Crippen LogP contribution in [-0.2, 0) is 13.9 Å². The molecule has 1 saturated heterocycles. The Kier molecular flexibility index (Phi) is 8.21.